The predicted molar refractivity (Wildman–Crippen MR) is 140 cm³/mol. The average molecular weight is 460 g/mol. The van der Waals surface area contributed by atoms with E-state index in [9.17, 15) is 9.18 Å². The van der Waals surface area contributed by atoms with Crippen molar-refractivity contribution in [3.05, 3.63) is 88.4 Å². The molecule has 34 heavy (non-hydrogen) atoms. The van der Waals surface area contributed by atoms with Crippen molar-refractivity contribution in [1.29, 1.82) is 0 Å². The van der Waals surface area contributed by atoms with Gasteiger partial charge in [-0.2, -0.15) is 0 Å². The molecule has 1 aromatic heterocycles. The van der Waals surface area contributed by atoms with Crippen molar-refractivity contribution in [3.63, 3.8) is 0 Å². The number of carbonyl (C=O) groups is 1. The lowest BCUT2D eigenvalue weighted by Gasteiger charge is -2.18. The number of aromatic nitrogens is 1. The molecule has 1 heterocycles. The number of benzene rings is 2. The Morgan fingerprint density at radius 1 is 1.18 bits per heavy atom. The first kappa shape index (κ1) is 25.2. The van der Waals surface area contributed by atoms with Crippen LogP contribution in [0.4, 0.5) is 10.1 Å². The molecule has 0 saturated heterocycles. The minimum absolute atomic E-state index is 0.176. The molecule has 2 aromatic carbocycles. The van der Waals surface area contributed by atoms with Gasteiger partial charge in [-0.1, -0.05) is 37.3 Å². The second-order valence-corrected chi connectivity index (χ2v) is 9.14. The number of carbonyl (C=O) groups excluding carboxylic acids is 1. The van der Waals surface area contributed by atoms with Gasteiger partial charge in [-0.3, -0.25) is 9.79 Å². The van der Waals surface area contributed by atoms with E-state index in [0.29, 0.717) is 17.6 Å². The summed E-state index contributed by atoms with van der Waals surface area (Å²) in [6.45, 7) is 14.3. The third-order valence-electron chi connectivity index (χ3n) is 6.07. The number of nitrogens with zero attached hydrogens (tertiary/aromatic N) is 2. The number of H-pyrrole nitrogens is 1. The highest BCUT2D eigenvalue weighted by molar-refractivity contribution is 5.95. The van der Waals surface area contributed by atoms with E-state index in [0.717, 1.165) is 51.0 Å². The van der Waals surface area contributed by atoms with Gasteiger partial charge >= 0.3 is 0 Å². The van der Waals surface area contributed by atoms with Gasteiger partial charge in [0.15, 0.2) is 0 Å². The average Bonchev–Trinajstić information content (AvgIpc) is 3.14. The summed E-state index contributed by atoms with van der Waals surface area (Å²) in [5.41, 5.74) is 8.08. The lowest BCUT2D eigenvalue weighted by molar-refractivity contribution is -0.126. The summed E-state index contributed by atoms with van der Waals surface area (Å²) >= 11 is 0. The maximum Gasteiger partial charge on any atom is 0.253 e. The number of amides is 1. The molecule has 0 fully saturated rings. The normalized spacial score (nSPS) is 12.3. The Balaban J connectivity index is 1.67. The summed E-state index contributed by atoms with van der Waals surface area (Å²) in [6.07, 6.45) is 5.32. The van der Waals surface area contributed by atoms with Crippen molar-refractivity contribution in [2.45, 2.75) is 54.0 Å². The first-order valence-electron chi connectivity index (χ1n) is 11.6. The van der Waals surface area contributed by atoms with Crippen LogP contribution in [0.3, 0.4) is 0 Å². The molecule has 0 unspecified atom stereocenters. The summed E-state index contributed by atoms with van der Waals surface area (Å²) in [4.78, 5) is 22.1. The van der Waals surface area contributed by atoms with E-state index >= 15 is 0 Å². The third-order valence-corrected chi connectivity index (χ3v) is 6.07. The number of nitrogens with one attached hydrogen (secondary N) is 1. The Morgan fingerprint density at radius 2 is 1.91 bits per heavy atom. The van der Waals surface area contributed by atoms with E-state index in [4.69, 9.17) is 0 Å². The van der Waals surface area contributed by atoms with E-state index in [2.05, 4.69) is 42.5 Å². The highest BCUT2D eigenvalue weighted by atomic mass is 19.1. The zero-order valence-corrected chi connectivity index (χ0v) is 21.1. The number of rotatable bonds is 8. The second kappa shape index (κ2) is 10.6. The van der Waals surface area contributed by atoms with Crippen LogP contribution < -0.4 is 0 Å². The molecule has 1 N–H and O–H groups in total. The molecule has 178 valence electrons. The van der Waals surface area contributed by atoms with Crippen LogP contribution >= 0.6 is 0 Å². The smallest absolute Gasteiger partial charge is 0.253 e. The Labute approximate surface area is 201 Å². The minimum Gasteiger partial charge on any atom is -0.361 e. The molecule has 0 aliphatic heterocycles. The molecular formula is C29H34FN3O. The molecule has 4 nitrogen and oxygen atoms in total. The molecule has 0 bridgehead atoms. The number of likely N-dealkylation sites (N-methyl/N-ethyl adjacent to an activating group) is 1. The summed E-state index contributed by atoms with van der Waals surface area (Å²) in [5, 5.41) is 0.962. The third kappa shape index (κ3) is 5.90. The van der Waals surface area contributed by atoms with Crippen LogP contribution in [0.2, 0.25) is 0 Å². The molecule has 3 aromatic rings. The van der Waals surface area contributed by atoms with Crippen LogP contribution in [0, 0.1) is 19.7 Å². The van der Waals surface area contributed by atoms with Gasteiger partial charge in [0.05, 0.1) is 5.69 Å². The van der Waals surface area contributed by atoms with Crippen LogP contribution in [0.25, 0.3) is 10.9 Å². The zero-order valence-electron chi connectivity index (χ0n) is 21.1. The van der Waals surface area contributed by atoms with Crippen molar-refractivity contribution < 1.29 is 9.18 Å². The van der Waals surface area contributed by atoms with Crippen molar-refractivity contribution in [2.24, 2.45) is 4.99 Å². The first-order valence-corrected chi connectivity index (χ1v) is 11.6. The molecule has 0 atom stereocenters. The van der Waals surface area contributed by atoms with E-state index in [1.54, 1.807) is 7.05 Å². The maximum absolute atomic E-state index is 14.6. The van der Waals surface area contributed by atoms with Crippen molar-refractivity contribution >= 4 is 28.2 Å². The molecule has 0 radical (unpaired) electrons. The Kier molecular flexibility index (Phi) is 7.87. The maximum atomic E-state index is 14.6. The van der Waals surface area contributed by atoms with Gasteiger partial charge in [-0.05, 0) is 75.4 Å². The zero-order chi connectivity index (χ0) is 25.0. The number of allylic oxidation sites excluding steroid dienone is 1. The lowest BCUT2D eigenvalue weighted by Crippen LogP contribution is -2.27. The fourth-order valence-corrected chi connectivity index (χ4v) is 3.99. The van der Waals surface area contributed by atoms with Gasteiger partial charge in [-0.15, -0.1) is 0 Å². The summed E-state index contributed by atoms with van der Waals surface area (Å²) in [7, 11) is 1.67. The summed E-state index contributed by atoms with van der Waals surface area (Å²) in [5.74, 6) is -0.552. The number of fused-ring (bicyclic) bond motifs is 1. The van der Waals surface area contributed by atoms with E-state index in [1.807, 2.05) is 45.2 Å². The fraction of sp³-hybridized carbons (Fsp3) is 0.310. The second-order valence-electron chi connectivity index (χ2n) is 9.14. The minimum atomic E-state index is -0.330. The number of halogens is 1. The van der Waals surface area contributed by atoms with E-state index < -0.39 is 0 Å². The molecule has 5 heteroatoms. The molecule has 0 spiro atoms. The van der Waals surface area contributed by atoms with Crippen LogP contribution in [-0.2, 0) is 17.8 Å². The molecule has 1 amide bonds. The van der Waals surface area contributed by atoms with Gasteiger partial charge < -0.3 is 9.88 Å². The monoisotopic (exact) mass is 459 g/mol. The standard InChI is InChI=1S/C29H34FN3O/c1-8-22(6)32-27-10-9-23(13-19(27)3)12-18(2)11-20(4)29(34)33(7)17-24-14-25-21(5)16-31-28(25)15-26(24)30/h9-11,13-16,31H,4,8,12,17H2,1-3,5-7H3/b18-11+,32-22?. The fourth-order valence-electron chi connectivity index (χ4n) is 3.99. The van der Waals surface area contributed by atoms with Gasteiger partial charge in [0.1, 0.15) is 5.82 Å². The molecule has 3 rings (SSSR count). The lowest BCUT2D eigenvalue weighted by atomic mass is 10.0. The molecular weight excluding hydrogens is 425 g/mol. The van der Waals surface area contributed by atoms with E-state index in [1.165, 1.54) is 11.0 Å². The van der Waals surface area contributed by atoms with Crippen LogP contribution in [0.1, 0.15) is 49.4 Å². The number of aromatic amines is 1. The Hall–Kier alpha value is -3.47. The quantitative estimate of drug-likeness (QED) is 0.217. The number of aryl methyl sites for hydroxylation is 2. The topological polar surface area (TPSA) is 48.5 Å². The summed E-state index contributed by atoms with van der Waals surface area (Å²) in [6, 6.07) is 9.55. The van der Waals surface area contributed by atoms with Gasteiger partial charge in [0.2, 0.25) is 0 Å². The Morgan fingerprint density at radius 3 is 2.59 bits per heavy atom. The van der Waals surface area contributed by atoms with Gasteiger partial charge in [0, 0.05) is 47.5 Å². The highest BCUT2D eigenvalue weighted by Crippen LogP contribution is 2.24. The molecule has 0 aliphatic rings. The van der Waals surface area contributed by atoms with E-state index in [-0.39, 0.29) is 18.3 Å². The van der Waals surface area contributed by atoms with Gasteiger partial charge in [-0.25, -0.2) is 4.39 Å². The van der Waals surface area contributed by atoms with Crippen LogP contribution in [-0.4, -0.2) is 28.6 Å². The van der Waals surface area contributed by atoms with Crippen molar-refractivity contribution in [2.75, 3.05) is 7.05 Å². The first-order chi connectivity index (χ1) is 16.1. The summed E-state index contributed by atoms with van der Waals surface area (Å²) < 4.78 is 14.6. The van der Waals surface area contributed by atoms with Gasteiger partial charge in [0.25, 0.3) is 5.91 Å². The predicted octanol–water partition coefficient (Wildman–Crippen LogP) is 7.13. The van der Waals surface area contributed by atoms with Crippen molar-refractivity contribution in [1.82, 2.24) is 9.88 Å². The number of aliphatic imine (C=N–C) groups is 1. The SMILES string of the molecule is C=C(/C=C(\C)Cc1ccc(N=C(C)CC)c(C)c1)C(=O)N(C)Cc1cc2c(C)c[nH]c2cc1F. The number of hydrogen-bond donors (Lipinski definition) is 1. The van der Waals surface area contributed by atoms with Crippen LogP contribution in [0.15, 0.2) is 65.3 Å². The number of hydrogen-bond acceptors (Lipinski definition) is 2. The van der Waals surface area contributed by atoms with Crippen molar-refractivity contribution in [3.8, 4) is 0 Å². The van der Waals surface area contributed by atoms with Crippen LogP contribution in [0.5, 0.6) is 0 Å². The molecule has 0 aliphatic carbocycles. The molecule has 0 saturated carbocycles. The highest BCUT2D eigenvalue weighted by Gasteiger charge is 2.15. The largest absolute Gasteiger partial charge is 0.361 e. The Bertz CT molecular complexity index is 1300.